The zero-order chi connectivity index (χ0) is 12.3. The van der Waals surface area contributed by atoms with Crippen LogP contribution in [0.4, 0.5) is 0 Å². The van der Waals surface area contributed by atoms with Crippen LogP contribution >= 0.6 is 0 Å². The van der Waals surface area contributed by atoms with Crippen LogP contribution in [-0.2, 0) is 0 Å². The fourth-order valence-corrected chi connectivity index (χ4v) is 2.67. The number of likely N-dealkylation sites (N-methyl/N-ethyl adjacent to an activating group) is 1. The molecule has 1 aromatic rings. The lowest BCUT2D eigenvalue weighted by molar-refractivity contribution is 0.132. The summed E-state index contributed by atoms with van der Waals surface area (Å²) in [4.78, 5) is 2.52. The summed E-state index contributed by atoms with van der Waals surface area (Å²) in [6, 6.07) is 5.20. The number of furan rings is 1. The van der Waals surface area contributed by atoms with Crippen LogP contribution in [-0.4, -0.2) is 30.6 Å². The number of rotatable bonds is 4. The van der Waals surface area contributed by atoms with Gasteiger partial charge in [-0.2, -0.15) is 0 Å². The molecule has 1 aromatic heterocycles. The van der Waals surface area contributed by atoms with Crippen LogP contribution in [0, 0.1) is 6.92 Å². The van der Waals surface area contributed by atoms with Crippen molar-refractivity contribution in [2.45, 2.75) is 45.7 Å². The van der Waals surface area contributed by atoms with Gasteiger partial charge in [0, 0.05) is 12.6 Å². The van der Waals surface area contributed by atoms with Crippen molar-refractivity contribution in [3.63, 3.8) is 0 Å². The van der Waals surface area contributed by atoms with Crippen LogP contribution in [0.2, 0.25) is 0 Å². The minimum atomic E-state index is 0.394. The molecular formula is C14H24N2O. The first kappa shape index (κ1) is 12.7. The highest BCUT2D eigenvalue weighted by Gasteiger charge is 2.25. The van der Waals surface area contributed by atoms with E-state index in [4.69, 9.17) is 4.42 Å². The van der Waals surface area contributed by atoms with Gasteiger partial charge in [-0.25, -0.2) is 0 Å². The Balaban J connectivity index is 1.97. The molecule has 0 aromatic carbocycles. The van der Waals surface area contributed by atoms with E-state index in [0.717, 1.165) is 24.6 Å². The van der Waals surface area contributed by atoms with E-state index < -0.39 is 0 Å². The Morgan fingerprint density at radius 2 is 2.35 bits per heavy atom. The molecule has 2 unspecified atom stereocenters. The highest BCUT2D eigenvalue weighted by atomic mass is 16.3. The average Bonchev–Trinajstić information content (AvgIpc) is 2.76. The molecule has 0 radical (unpaired) electrons. The zero-order valence-corrected chi connectivity index (χ0v) is 11.2. The Morgan fingerprint density at radius 3 is 3.00 bits per heavy atom. The lowest BCUT2D eigenvalue weighted by Gasteiger charge is -2.36. The molecule has 0 amide bonds. The first-order chi connectivity index (χ1) is 8.20. The van der Waals surface area contributed by atoms with Crippen LogP contribution < -0.4 is 5.32 Å². The summed E-state index contributed by atoms with van der Waals surface area (Å²) in [6.45, 7) is 9.81. The van der Waals surface area contributed by atoms with Crippen LogP contribution in [0.25, 0.3) is 0 Å². The normalized spacial score (nSPS) is 23.8. The van der Waals surface area contributed by atoms with Crippen LogP contribution in [0.15, 0.2) is 16.5 Å². The third kappa shape index (κ3) is 3.11. The summed E-state index contributed by atoms with van der Waals surface area (Å²) in [7, 11) is 0. The summed E-state index contributed by atoms with van der Waals surface area (Å²) < 4.78 is 5.73. The highest BCUT2D eigenvalue weighted by Crippen LogP contribution is 2.25. The number of hydrogen-bond donors (Lipinski definition) is 1. The van der Waals surface area contributed by atoms with Gasteiger partial charge in [-0.05, 0) is 51.9 Å². The van der Waals surface area contributed by atoms with Crippen molar-refractivity contribution >= 4 is 0 Å². The molecule has 1 saturated heterocycles. The molecule has 3 nitrogen and oxygen atoms in total. The molecule has 1 aliphatic heterocycles. The Hall–Kier alpha value is -0.800. The first-order valence-corrected chi connectivity index (χ1v) is 6.74. The maximum Gasteiger partial charge on any atom is 0.121 e. The van der Waals surface area contributed by atoms with Crippen molar-refractivity contribution < 1.29 is 4.42 Å². The second-order valence-electron chi connectivity index (χ2n) is 5.02. The van der Waals surface area contributed by atoms with Crippen LogP contribution in [0.1, 0.15) is 44.3 Å². The molecule has 2 atom stereocenters. The van der Waals surface area contributed by atoms with Gasteiger partial charge in [0.1, 0.15) is 11.5 Å². The number of hydrogen-bond acceptors (Lipinski definition) is 3. The zero-order valence-electron chi connectivity index (χ0n) is 11.2. The minimum Gasteiger partial charge on any atom is -0.465 e. The second-order valence-corrected chi connectivity index (χ2v) is 5.02. The number of piperidine rings is 1. The molecule has 0 spiro atoms. The molecule has 1 N–H and O–H groups in total. The van der Waals surface area contributed by atoms with E-state index in [0.29, 0.717) is 12.1 Å². The number of likely N-dealkylation sites (tertiary alicyclic amines) is 1. The van der Waals surface area contributed by atoms with E-state index in [9.17, 15) is 0 Å². The van der Waals surface area contributed by atoms with E-state index in [1.807, 2.05) is 6.92 Å². The van der Waals surface area contributed by atoms with E-state index in [2.05, 4.69) is 36.2 Å². The van der Waals surface area contributed by atoms with Crippen LogP contribution in [0.3, 0.4) is 0 Å². The summed E-state index contributed by atoms with van der Waals surface area (Å²) in [5, 5.41) is 3.55. The fraction of sp³-hybridized carbons (Fsp3) is 0.714. The molecule has 0 aliphatic carbocycles. The number of aryl methyl sites for hydroxylation is 1. The Morgan fingerprint density at radius 1 is 1.53 bits per heavy atom. The molecule has 3 heteroatoms. The molecule has 2 rings (SSSR count). The summed E-state index contributed by atoms with van der Waals surface area (Å²) in [5.41, 5.74) is 0. The van der Waals surface area contributed by atoms with Gasteiger partial charge in [-0.3, -0.25) is 4.90 Å². The topological polar surface area (TPSA) is 28.4 Å². The quantitative estimate of drug-likeness (QED) is 0.871. The van der Waals surface area contributed by atoms with Crippen molar-refractivity contribution in [3.05, 3.63) is 23.7 Å². The molecule has 1 fully saturated rings. The van der Waals surface area contributed by atoms with Gasteiger partial charge in [0.15, 0.2) is 0 Å². The van der Waals surface area contributed by atoms with E-state index in [-0.39, 0.29) is 0 Å². The van der Waals surface area contributed by atoms with Crippen molar-refractivity contribution in [2.24, 2.45) is 0 Å². The van der Waals surface area contributed by atoms with Gasteiger partial charge < -0.3 is 9.73 Å². The SMILES string of the molecule is CCNC1CCCN(C(C)c2ccc(C)o2)C1. The van der Waals surface area contributed by atoms with Crippen molar-refractivity contribution in [1.82, 2.24) is 10.2 Å². The van der Waals surface area contributed by atoms with E-state index in [1.54, 1.807) is 0 Å². The molecule has 0 bridgehead atoms. The van der Waals surface area contributed by atoms with Gasteiger partial charge in [0.05, 0.1) is 6.04 Å². The number of nitrogens with one attached hydrogen (secondary N) is 1. The third-order valence-corrected chi connectivity index (χ3v) is 3.67. The lowest BCUT2D eigenvalue weighted by Crippen LogP contribution is -2.46. The molecule has 0 saturated carbocycles. The summed E-state index contributed by atoms with van der Waals surface area (Å²) >= 11 is 0. The second kappa shape index (κ2) is 5.69. The van der Waals surface area contributed by atoms with Crippen molar-refractivity contribution in [3.8, 4) is 0 Å². The highest BCUT2D eigenvalue weighted by molar-refractivity contribution is 5.09. The van der Waals surface area contributed by atoms with E-state index in [1.165, 1.54) is 19.4 Å². The lowest BCUT2D eigenvalue weighted by atomic mass is 10.0. The molecule has 1 aliphatic rings. The summed E-state index contributed by atoms with van der Waals surface area (Å²) in [6.07, 6.45) is 2.58. The Kier molecular flexibility index (Phi) is 4.24. The maximum absolute atomic E-state index is 5.73. The smallest absolute Gasteiger partial charge is 0.121 e. The number of nitrogens with zero attached hydrogens (tertiary/aromatic N) is 1. The standard InChI is InChI=1S/C14H24N2O/c1-4-15-13-6-5-9-16(10-13)12(3)14-8-7-11(2)17-14/h7-8,12-13,15H,4-6,9-10H2,1-3H3. The van der Waals surface area contributed by atoms with Crippen molar-refractivity contribution in [2.75, 3.05) is 19.6 Å². The minimum absolute atomic E-state index is 0.394. The average molecular weight is 236 g/mol. The van der Waals surface area contributed by atoms with Gasteiger partial charge in [0.2, 0.25) is 0 Å². The molecule has 96 valence electrons. The van der Waals surface area contributed by atoms with Gasteiger partial charge >= 0.3 is 0 Å². The molecular weight excluding hydrogens is 212 g/mol. The molecule has 17 heavy (non-hydrogen) atoms. The Labute approximate surface area is 104 Å². The fourth-order valence-electron chi connectivity index (χ4n) is 2.67. The summed E-state index contributed by atoms with van der Waals surface area (Å²) in [5.74, 6) is 2.10. The molecule has 2 heterocycles. The van der Waals surface area contributed by atoms with Crippen LogP contribution in [0.5, 0.6) is 0 Å². The third-order valence-electron chi connectivity index (χ3n) is 3.67. The van der Waals surface area contributed by atoms with Gasteiger partial charge in [-0.1, -0.05) is 6.92 Å². The first-order valence-electron chi connectivity index (χ1n) is 6.74. The maximum atomic E-state index is 5.73. The van der Waals surface area contributed by atoms with Gasteiger partial charge in [0.25, 0.3) is 0 Å². The predicted octanol–water partition coefficient (Wildman–Crippen LogP) is 2.72. The largest absolute Gasteiger partial charge is 0.465 e. The Bertz CT molecular complexity index is 346. The van der Waals surface area contributed by atoms with Crippen molar-refractivity contribution in [1.29, 1.82) is 0 Å². The monoisotopic (exact) mass is 236 g/mol. The van der Waals surface area contributed by atoms with Gasteiger partial charge in [-0.15, -0.1) is 0 Å². The predicted molar refractivity (Wildman–Crippen MR) is 70.1 cm³/mol. The van der Waals surface area contributed by atoms with E-state index >= 15 is 0 Å².